The summed E-state index contributed by atoms with van der Waals surface area (Å²) < 4.78 is 4.87. The van der Waals surface area contributed by atoms with Crippen molar-refractivity contribution in [2.24, 2.45) is 5.92 Å². The zero-order valence-corrected chi connectivity index (χ0v) is 10.7. The highest BCUT2D eigenvalue weighted by atomic mass is 35.5. The first-order chi connectivity index (χ1) is 7.54. The van der Waals surface area contributed by atoms with Crippen molar-refractivity contribution in [3.8, 4) is 0 Å². The van der Waals surface area contributed by atoms with Gasteiger partial charge >= 0.3 is 0 Å². The number of furan rings is 1. The Hall–Kier alpha value is -0.960. The monoisotopic (exact) mass is 243 g/mol. The predicted octanol–water partition coefficient (Wildman–Crippen LogP) is 3.49. The molecular weight excluding hydrogens is 226 g/mol. The highest BCUT2D eigenvalue weighted by Gasteiger charge is 2.16. The summed E-state index contributed by atoms with van der Waals surface area (Å²) in [6, 6.07) is 1.72. The first kappa shape index (κ1) is 13.1. The van der Waals surface area contributed by atoms with Crippen LogP contribution < -0.4 is 5.32 Å². The Kier molecular flexibility index (Phi) is 4.87. The summed E-state index contributed by atoms with van der Waals surface area (Å²) in [4.78, 5) is 11.8. The van der Waals surface area contributed by atoms with Crippen molar-refractivity contribution in [2.45, 2.75) is 39.7 Å². The van der Waals surface area contributed by atoms with Crippen LogP contribution in [0.2, 0.25) is 5.22 Å². The van der Waals surface area contributed by atoms with Crippen LogP contribution in [0.1, 0.15) is 44.0 Å². The number of hydrogen-bond acceptors (Lipinski definition) is 2. The lowest BCUT2D eigenvalue weighted by molar-refractivity contribution is 0.0935. The molecule has 1 heterocycles. The second-order valence-electron chi connectivity index (χ2n) is 4.23. The van der Waals surface area contributed by atoms with Gasteiger partial charge in [-0.25, -0.2) is 0 Å². The molecule has 0 bridgehead atoms. The van der Waals surface area contributed by atoms with Crippen molar-refractivity contribution in [2.75, 3.05) is 0 Å². The van der Waals surface area contributed by atoms with E-state index in [-0.39, 0.29) is 17.2 Å². The third-order valence-corrected chi connectivity index (χ3v) is 2.99. The van der Waals surface area contributed by atoms with Gasteiger partial charge in [0, 0.05) is 6.04 Å². The summed E-state index contributed by atoms with van der Waals surface area (Å²) in [5, 5.41) is 3.05. The summed E-state index contributed by atoms with van der Waals surface area (Å²) in [6.07, 6.45) is 3.50. The second-order valence-corrected chi connectivity index (χ2v) is 4.57. The molecule has 1 amide bonds. The maximum Gasteiger partial charge on any atom is 0.256 e. The van der Waals surface area contributed by atoms with E-state index in [0.29, 0.717) is 11.5 Å². The maximum atomic E-state index is 11.8. The molecule has 16 heavy (non-hydrogen) atoms. The van der Waals surface area contributed by atoms with Gasteiger partial charge in [0.25, 0.3) is 5.91 Å². The Morgan fingerprint density at radius 2 is 2.25 bits per heavy atom. The van der Waals surface area contributed by atoms with E-state index in [1.807, 2.05) is 6.92 Å². The van der Waals surface area contributed by atoms with Gasteiger partial charge < -0.3 is 9.73 Å². The normalized spacial score (nSPS) is 14.5. The number of rotatable bonds is 5. The Balaban J connectivity index is 2.49. The van der Waals surface area contributed by atoms with E-state index in [1.165, 1.54) is 6.26 Å². The molecular formula is C12H18ClNO2. The summed E-state index contributed by atoms with van der Waals surface area (Å²) in [7, 11) is 0. The highest BCUT2D eigenvalue weighted by Crippen LogP contribution is 2.17. The van der Waals surface area contributed by atoms with Crippen LogP contribution >= 0.6 is 11.6 Å². The molecule has 4 heteroatoms. The fourth-order valence-electron chi connectivity index (χ4n) is 1.59. The molecule has 90 valence electrons. The second kappa shape index (κ2) is 5.94. The third-order valence-electron chi connectivity index (χ3n) is 2.69. The van der Waals surface area contributed by atoms with Gasteiger partial charge in [0.15, 0.2) is 0 Å². The van der Waals surface area contributed by atoms with Crippen LogP contribution in [0, 0.1) is 5.92 Å². The van der Waals surface area contributed by atoms with Gasteiger partial charge in [-0.15, -0.1) is 0 Å². The zero-order chi connectivity index (χ0) is 12.1. The lowest BCUT2D eigenvalue weighted by atomic mass is 10.0. The van der Waals surface area contributed by atoms with Crippen molar-refractivity contribution < 1.29 is 9.21 Å². The van der Waals surface area contributed by atoms with E-state index in [4.69, 9.17) is 16.0 Å². The van der Waals surface area contributed by atoms with Crippen molar-refractivity contribution >= 4 is 17.5 Å². The summed E-state index contributed by atoms with van der Waals surface area (Å²) in [5.41, 5.74) is 0.401. The number of hydrogen-bond donors (Lipinski definition) is 1. The summed E-state index contributed by atoms with van der Waals surface area (Å²) >= 11 is 5.72. The minimum atomic E-state index is -0.172. The molecule has 2 atom stereocenters. The molecule has 0 aromatic carbocycles. The number of amides is 1. The van der Waals surface area contributed by atoms with Crippen LogP contribution in [0.25, 0.3) is 0 Å². The highest BCUT2D eigenvalue weighted by molar-refractivity contribution is 6.32. The van der Waals surface area contributed by atoms with Gasteiger partial charge in [-0.05, 0) is 36.9 Å². The number of nitrogens with one attached hydrogen (secondary N) is 1. The fraction of sp³-hybridized carbons (Fsp3) is 0.583. The van der Waals surface area contributed by atoms with Crippen molar-refractivity contribution in [3.63, 3.8) is 0 Å². The van der Waals surface area contributed by atoms with E-state index in [0.717, 1.165) is 12.8 Å². The van der Waals surface area contributed by atoms with E-state index in [2.05, 4.69) is 19.2 Å². The summed E-state index contributed by atoms with van der Waals surface area (Å²) in [6.45, 7) is 6.32. The Morgan fingerprint density at radius 3 is 2.75 bits per heavy atom. The predicted molar refractivity (Wildman–Crippen MR) is 64.7 cm³/mol. The molecule has 0 aliphatic carbocycles. The lowest BCUT2D eigenvalue weighted by Crippen LogP contribution is -2.33. The smallest absolute Gasteiger partial charge is 0.256 e. The SMILES string of the molecule is CCC(C)CC(C)NC(=O)c1ccoc1Cl. The van der Waals surface area contributed by atoms with Gasteiger partial charge in [-0.3, -0.25) is 4.79 Å². The molecule has 0 aliphatic heterocycles. The van der Waals surface area contributed by atoms with Crippen LogP contribution in [0.3, 0.4) is 0 Å². The van der Waals surface area contributed by atoms with E-state index >= 15 is 0 Å². The van der Waals surface area contributed by atoms with Crippen LogP contribution in [0.4, 0.5) is 0 Å². The fourth-order valence-corrected chi connectivity index (χ4v) is 1.79. The molecule has 1 aromatic heterocycles. The molecule has 0 saturated carbocycles. The summed E-state index contributed by atoms with van der Waals surface area (Å²) in [5.74, 6) is 0.435. The van der Waals surface area contributed by atoms with Gasteiger partial charge in [-0.1, -0.05) is 20.3 Å². The average Bonchev–Trinajstić information content (AvgIpc) is 2.63. The zero-order valence-electron chi connectivity index (χ0n) is 9.92. The quantitative estimate of drug-likeness (QED) is 0.860. The Morgan fingerprint density at radius 1 is 1.56 bits per heavy atom. The molecule has 1 rings (SSSR count). The van der Waals surface area contributed by atoms with E-state index in [9.17, 15) is 4.79 Å². The molecule has 0 fully saturated rings. The Labute approximate surface area is 101 Å². The third kappa shape index (κ3) is 3.56. The minimum Gasteiger partial charge on any atom is -0.452 e. The number of carbonyl (C=O) groups excluding carboxylic acids is 1. The van der Waals surface area contributed by atoms with Crippen molar-refractivity contribution in [1.29, 1.82) is 0 Å². The molecule has 0 saturated heterocycles. The van der Waals surface area contributed by atoms with Crippen LogP contribution in [-0.4, -0.2) is 11.9 Å². The Bertz CT molecular complexity index is 349. The van der Waals surface area contributed by atoms with Gasteiger partial charge in [0.2, 0.25) is 5.22 Å². The lowest BCUT2D eigenvalue weighted by Gasteiger charge is -2.17. The molecule has 1 aromatic rings. The average molecular weight is 244 g/mol. The first-order valence-corrected chi connectivity index (χ1v) is 5.96. The van der Waals surface area contributed by atoms with E-state index in [1.54, 1.807) is 6.07 Å². The van der Waals surface area contributed by atoms with Gasteiger partial charge in [0.05, 0.1) is 11.8 Å². The van der Waals surface area contributed by atoms with Crippen LogP contribution in [-0.2, 0) is 0 Å². The molecule has 2 unspecified atom stereocenters. The van der Waals surface area contributed by atoms with Crippen molar-refractivity contribution in [1.82, 2.24) is 5.32 Å². The molecule has 0 radical (unpaired) electrons. The topological polar surface area (TPSA) is 42.2 Å². The van der Waals surface area contributed by atoms with Gasteiger partial charge in [0.1, 0.15) is 0 Å². The number of halogens is 1. The van der Waals surface area contributed by atoms with Crippen LogP contribution in [0.15, 0.2) is 16.7 Å². The maximum absolute atomic E-state index is 11.8. The van der Waals surface area contributed by atoms with Crippen LogP contribution in [0.5, 0.6) is 0 Å². The van der Waals surface area contributed by atoms with Gasteiger partial charge in [-0.2, -0.15) is 0 Å². The molecule has 0 spiro atoms. The molecule has 3 nitrogen and oxygen atoms in total. The molecule has 0 aliphatic rings. The minimum absolute atomic E-state index is 0.147. The molecule has 1 N–H and O–H groups in total. The van der Waals surface area contributed by atoms with E-state index < -0.39 is 0 Å². The van der Waals surface area contributed by atoms with Crippen molar-refractivity contribution in [3.05, 3.63) is 23.1 Å². The largest absolute Gasteiger partial charge is 0.452 e. The standard InChI is InChI=1S/C12H18ClNO2/c1-4-8(2)7-9(3)14-12(15)10-5-6-16-11(10)13/h5-6,8-9H,4,7H2,1-3H3,(H,14,15). The first-order valence-electron chi connectivity index (χ1n) is 5.58. The number of carbonyl (C=O) groups is 1.